The highest BCUT2D eigenvalue weighted by molar-refractivity contribution is 7.13. The number of carbonyl (C=O) groups excluding carboxylic acids is 1. The Labute approximate surface area is 163 Å². The number of nitrogens with zero attached hydrogens (tertiary/aromatic N) is 1. The summed E-state index contributed by atoms with van der Waals surface area (Å²) in [6, 6.07) is 13.4. The number of hydrogen-bond acceptors (Lipinski definition) is 5. The number of anilines is 1. The van der Waals surface area contributed by atoms with Gasteiger partial charge >= 0.3 is 0 Å². The first-order valence-electron chi connectivity index (χ1n) is 8.62. The Morgan fingerprint density at radius 1 is 1.07 bits per heavy atom. The number of thiazole rings is 1. The average Bonchev–Trinajstić information content (AvgIpc) is 3.17. The van der Waals surface area contributed by atoms with Gasteiger partial charge < -0.3 is 14.8 Å². The summed E-state index contributed by atoms with van der Waals surface area (Å²) in [5.74, 6) is 1.31. The van der Waals surface area contributed by atoms with Gasteiger partial charge in [-0.25, -0.2) is 4.98 Å². The maximum Gasteiger partial charge on any atom is 0.275 e. The standard InChI is InChI=1S/C21H22N2O3S/c1-13(2)14-8-5-6-10-16(14)22-20(24)17-12-27-21(23-17)15-9-7-11-18(25-3)19(15)26-4/h5-13H,1-4H3,(H,22,24). The van der Waals surface area contributed by atoms with Gasteiger partial charge in [-0.1, -0.05) is 38.1 Å². The quantitative estimate of drug-likeness (QED) is 0.636. The summed E-state index contributed by atoms with van der Waals surface area (Å²) in [5.41, 5.74) is 3.07. The van der Waals surface area contributed by atoms with Crippen LogP contribution in [0, 0.1) is 0 Å². The van der Waals surface area contributed by atoms with Crippen LogP contribution in [0.3, 0.4) is 0 Å². The Morgan fingerprint density at radius 2 is 1.85 bits per heavy atom. The molecular weight excluding hydrogens is 360 g/mol. The number of aromatic nitrogens is 1. The van der Waals surface area contributed by atoms with Crippen LogP contribution in [0.1, 0.15) is 35.8 Å². The molecule has 1 amide bonds. The van der Waals surface area contributed by atoms with Crippen molar-refractivity contribution in [2.75, 3.05) is 19.5 Å². The smallest absolute Gasteiger partial charge is 0.275 e. The van der Waals surface area contributed by atoms with E-state index in [9.17, 15) is 4.79 Å². The van der Waals surface area contributed by atoms with E-state index in [1.807, 2.05) is 42.5 Å². The molecule has 6 heteroatoms. The summed E-state index contributed by atoms with van der Waals surface area (Å²) < 4.78 is 10.8. The highest BCUT2D eigenvalue weighted by Gasteiger charge is 2.18. The molecule has 0 fully saturated rings. The minimum atomic E-state index is -0.229. The first kappa shape index (κ1) is 18.9. The third-order valence-electron chi connectivity index (χ3n) is 4.20. The topological polar surface area (TPSA) is 60.5 Å². The number of methoxy groups -OCH3 is 2. The monoisotopic (exact) mass is 382 g/mol. The van der Waals surface area contributed by atoms with Gasteiger partial charge in [0.05, 0.1) is 19.8 Å². The number of benzene rings is 2. The molecule has 1 N–H and O–H groups in total. The van der Waals surface area contributed by atoms with Crippen molar-refractivity contribution >= 4 is 22.9 Å². The number of ether oxygens (including phenoxy) is 2. The minimum absolute atomic E-state index is 0.229. The maximum absolute atomic E-state index is 12.7. The summed E-state index contributed by atoms with van der Waals surface area (Å²) >= 11 is 1.39. The molecule has 3 aromatic rings. The van der Waals surface area contributed by atoms with Crippen LogP contribution < -0.4 is 14.8 Å². The highest BCUT2D eigenvalue weighted by Crippen LogP contribution is 2.39. The van der Waals surface area contributed by atoms with E-state index in [1.165, 1.54) is 11.3 Å². The van der Waals surface area contributed by atoms with Gasteiger partial charge in [-0.05, 0) is 29.7 Å². The maximum atomic E-state index is 12.7. The molecule has 0 saturated carbocycles. The Kier molecular flexibility index (Phi) is 5.76. The number of rotatable bonds is 6. The van der Waals surface area contributed by atoms with Crippen LogP contribution in [-0.4, -0.2) is 25.1 Å². The molecule has 0 aliphatic carbocycles. The SMILES string of the molecule is COc1cccc(-c2nc(C(=O)Nc3ccccc3C(C)C)cs2)c1OC. The average molecular weight is 382 g/mol. The van der Waals surface area contributed by atoms with E-state index in [-0.39, 0.29) is 5.91 Å². The van der Waals surface area contributed by atoms with Gasteiger partial charge in [0.25, 0.3) is 5.91 Å². The molecule has 27 heavy (non-hydrogen) atoms. The molecule has 0 unspecified atom stereocenters. The molecular formula is C21H22N2O3S. The van der Waals surface area contributed by atoms with Crippen LogP contribution in [0.4, 0.5) is 5.69 Å². The van der Waals surface area contributed by atoms with Crippen molar-refractivity contribution in [2.24, 2.45) is 0 Å². The second-order valence-corrected chi connectivity index (χ2v) is 7.13. The highest BCUT2D eigenvalue weighted by atomic mass is 32.1. The van der Waals surface area contributed by atoms with Crippen molar-refractivity contribution in [3.05, 3.63) is 59.1 Å². The number of amides is 1. The van der Waals surface area contributed by atoms with Crippen LogP contribution in [0.5, 0.6) is 11.5 Å². The van der Waals surface area contributed by atoms with Crippen LogP contribution >= 0.6 is 11.3 Å². The van der Waals surface area contributed by atoms with Gasteiger partial charge in [-0.2, -0.15) is 0 Å². The van der Waals surface area contributed by atoms with Crippen molar-refractivity contribution < 1.29 is 14.3 Å². The molecule has 0 radical (unpaired) electrons. The third-order valence-corrected chi connectivity index (χ3v) is 5.08. The van der Waals surface area contributed by atoms with Crippen LogP contribution in [0.25, 0.3) is 10.6 Å². The second-order valence-electron chi connectivity index (χ2n) is 6.28. The minimum Gasteiger partial charge on any atom is -0.493 e. The molecule has 5 nitrogen and oxygen atoms in total. The fourth-order valence-electron chi connectivity index (χ4n) is 2.86. The lowest BCUT2D eigenvalue weighted by Crippen LogP contribution is -2.14. The molecule has 2 aromatic carbocycles. The summed E-state index contributed by atoms with van der Waals surface area (Å²) in [4.78, 5) is 17.2. The summed E-state index contributed by atoms with van der Waals surface area (Å²) in [6.07, 6.45) is 0. The van der Waals surface area contributed by atoms with Gasteiger partial charge in [0.1, 0.15) is 10.7 Å². The van der Waals surface area contributed by atoms with Gasteiger partial charge in [0.2, 0.25) is 0 Å². The van der Waals surface area contributed by atoms with Crippen molar-refractivity contribution in [3.8, 4) is 22.1 Å². The van der Waals surface area contributed by atoms with E-state index in [2.05, 4.69) is 24.1 Å². The molecule has 140 valence electrons. The normalized spacial score (nSPS) is 10.7. The Hall–Kier alpha value is -2.86. The lowest BCUT2D eigenvalue weighted by molar-refractivity contribution is 0.102. The molecule has 0 aliphatic heterocycles. The van der Waals surface area contributed by atoms with Crippen molar-refractivity contribution in [1.82, 2.24) is 4.98 Å². The Balaban J connectivity index is 1.88. The molecule has 0 atom stereocenters. The van der Waals surface area contributed by atoms with Gasteiger partial charge in [0, 0.05) is 11.1 Å². The third kappa shape index (κ3) is 3.95. The predicted molar refractivity (Wildman–Crippen MR) is 109 cm³/mol. The van der Waals surface area contributed by atoms with E-state index >= 15 is 0 Å². The fraction of sp³-hybridized carbons (Fsp3) is 0.238. The molecule has 1 heterocycles. The molecule has 0 bridgehead atoms. The first-order valence-corrected chi connectivity index (χ1v) is 9.50. The summed E-state index contributed by atoms with van der Waals surface area (Å²) in [6.45, 7) is 4.20. The molecule has 0 saturated heterocycles. The zero-order valence-electron chi connectivity index (χ0n) is 15.8. The predicted octanol–water partition coefficient (Wildman–Crippen LogP) is 5.20. The molecule has 1 aromatic heterocycles. The van der Waals surface area contributed by atoms with Crippen LogP contribution in [-0.2, 0) is 0 Å². The van der Waals surface area contributed by atoms with Crippen molar-refractivity contribution in [1.29, 1.82) is 0 Å². The molecule has 3 rings (SSSR count). The number of para-hydroxylation sites is 2. The summed E-state index contributed by atoms with van der Waals surface area (Å²) in [5, 5.41) is 5.43. The van der Waals surface area contributed by atoms with Gasteiger partial charge in [0.15, 0.2) is 11.5 Å². The van der Waals surface area contributed by atoms with Gasteiger partial charge in [-0.15, -0.1) is 11.3 Å². The fourth-order valence-corrected chi connectivity index (χ4v) is 3.68. The van der Waals surface area contributed by atoms with E-state index in [1.54, 1.807) is 19.6 Å². The lowest BCUT2D eigenvalue weighted by atomic mass is 10.0. The summed E-state index contributed by atoms with van der Waals surface area (Å²) in [7, 11) is 3.18. The van der Waals surface area contributed by atoms with E-state index in [0.29, 0.717) is 28.1 Å². The first-order chi connectivity index (χ1) is 13.0. The molecule has 0 aliphatic rings. The Morgan fingerprint density at radius 3 is 2.56 bits per heavy atom. The van der Waals surface area contributed by atoms with E-state index in [0.717, 1.165) is 16.8 Å². The largest absolute Gasteiger partial charge is 0.493 e. The number of nitrogens with one attached hydrogen (secondary N) is 1. The van der Waals surface area contributed by atoms with Crippen molar-refractivity contribution in [3.63, 3.8) is 0 Å². The number of hydrogen-bond donors (Lipinski definition) is 1. The van der Waals surface area contributed by atoms with Gasteiger partial charge in [-0.3, -0.25) is 4.79 Å². The van der Waals surface area contributed by atoms with Crippen LogP contribution in [0.2, 0.25) is 0 Å². The zero-order valence-corrected chi connectivity index (χ0v) is 16.6. The molecule has 0 spiro atoms. The van der Waals surface area contributed by atoms with E-state index < -0.39 is 0 Å². The van der Waals surface area contributed by atoms with Crippen LogP contribution in [0.15, 0.2) is 47.8 Å². The zero-order chi connectivity index (χ0) is 19.4. The lowest BCUT2D eigenvalue weighted by Gasteiger charge is -2.13. The second kappa shape index (κ2) is 8.22. The Bertz CT molecular complexity index is 950. The number of carbonyl (C=O) groups is 1. The van der Waals surface area contributed by atoms with E-state index in [4.69, 9.17) is 9.47 Å². The van der Waals surface area contributed by atoms with Crippen molar-refractivity contribution in [2.45, 2.75) is 19.8 Å².